The number of hydrogen-bond acceptors (Lipinski definition) is 6. The van der Waals surface area contributed by atoms with Crippen molar-refractivity contribution < 1.29 is 14.3 Å². The normalized spacial score (nSPS) is 16.9. The van der Waals surface area contributed by atoms with Crippen LogP contribution in [0, 0.1) is 0 Å². The molecule has 1 aliphatic rings. The van der Waals surface area contributed by atoms with Crippen molar-refractivity contribution in [2.24, 2.45) is 0 Å². The van der Waals surface area contributed by atoms with Gasteiger partial charge in [-0.05, 0) is 30.4 Å². The largest absolute Gasteiger partial charge is 0.452 e. The number of rotatable bonds is 7. The van der Waals surface area contributed by atoms with Crippen molar-refractivity contribution in [2.45, 2.75) is 24.0 Å². The highest BCUT2D eigenvalue weighted by Gasteiger charge is 2.24. The summed E-state index contributed by atoms with van der Waals surface area (Å²) in [5.41, 5.74) is 1.65. The molecule has 0 bridgehead atoms. The molecule has 142 valence electrons. The molecule has 0 saturated carbocycles. The van der Waals surface area contributed by atoms with Crippen LogP contribution in [0.4, 0.5) is 0 Å². The second-order valence-corrected chi connectivity index (χ2v) is 7.21. The van der Waals surface area contributed by atoms with E-state index in [0.29, 0.717) is 10.6 Å². The lowest BCUT2D eigenvalue weighted by Crippen LogP contribution is -2.39. The number of esters is 1. The number of carbonyl (C=O) groups is 2. The topological polar surface area (TPSA) is 71.5 Å². The molecule has 0 aliphatic carbocycles. The third-order valence-corrected chi connectivity index (χ3v) is 5.12. The highest BCUT2D eigenvalue weighted by molar-refractivity contribution is 7.98. The Balaban J connectivity index is 1.42. The molecule has 0 spiro atoms. The second-order valence-electron chi connectivity index (χ2n) is 6.41. The van der Waals surface area contributed by atoms with E-state index in [4.69, 9.17) is 4.74 Å². The van der Waals surface area contributed by atoms with Crippen molar-refractivity contribution in [2.75, 3.05) is 26.0 Å². The first-order chi connectivity index (χ1) is 13.2. The van der Waals surface area contributed by atoms with Crippen LogP contribution in [-0.4, -0.2) is 53.8 Å². The summed E-state index contributed by atoms with van der Waals surface area (Å²) in [7, 11) is 0. The zero-order chi connectivity index (χ0) is 19.1. The third kappa shape index (κ3) is 5.55. The molecule has 3 rings (SSSR count). The average molecular weight is 385 g/mol. The first-order valence-corrected chi connectivity index (χ1v) is 10.1. The molecule has 1 aliphatic heterocycles. The fraction of sp³-hybridized carbons (Fsp3) is 0.350. The number of nitrogens with one attached hydrogen (secondary N) is 1. The van der Waals surface area contributed by atoms with E-state index in [1.807, 2.05) is 24.5 Å². The number of pyridine rings is 1. The van der Waals surface area contributed by atoms with E-state index in [1.54, 1.807) is 18.3 Å². The van der Waals surface area contributed by atoms with Crippen molar-refractivity contribution in [3.63, 3.8) is 0 Å². The molecule has 1 aromatic heterocycles. The molecule has 7 heteroatoms. The zero-order valence-corrected chi connectivity index (χ0v) is 16.1. The van der Waals surface area contributed by atoms with E-state index >= 15 is 0 Å². The van der Waals surface area contributed by atoms with Crippen LogP contribution in [0.25, 0.3) is 0 Å². The molecule has 0 radical (unpaired) electrons. The van der Waals surface area contributed by atoms with Crippen molar-refractivity contribution in [3.05, 3.63) is 59.8 Å². The maximum absolute atomic E-state index is 12.2. The molecular formula is C20H23N3O3S. The minimum atomic E-state index is -0.528. The van der Waals surface area contributed by atoms with Crippen LogP contribution in [-0.2, 0) is 16.1 Å². The van der Waals surface area contributed by atoms with E-state index in [9.17, 15) is 9.59 Å². The molecular weight excluding hydrogens is 362 g/mol. The number of amides is 1. The molecule has 27 heavy (non-hydrogen) atoms. The fourth-order valence-corrected chi connectivity index (χ4v) is 3.66. The van der Waals surface area contributed by atoms with Gasteiger partial charge in [-0.25, -0.2) is 9.78 Å². The number of likely N-dealkylation sites (tertiary alicyclic amines) is 1. The van der Waals surface area contributed by atoms with Gasteiger partial charge in [0.15, 0.2) is 6.61 Å². The Labute approximate surface area is 163 Å². The van der Waals surface area contributed by atoms with Gasteiger partial charge in [0.05, 0.1) is 5.56 Å². The number of carbonyl (C=O) groups excluding carboxylic acids is 2. The Kier molecular flexibility index (Phi) is 6.84. The average Bonchev–Trinajstić information content (AvgIpc) is 3.13. The van der Waals surface area contributed by atoms with Gasteiger partial charge in [-0.1, -0.05) is 30.3 Å². The summed E-state index contributed by atoms with van der Waals surface area (Å²) >= 11 is 1.37. The molecule has 2 aromatic rings. The van der Waals surface area contributed by atoms with Gasteiger partial charge in [0.25, 0.3) is 5.91 Å². The Morgan fingerprint density at radius 1 is 1.26 bits per heavy atom. The number of thioether (sulfide) groups is 1. The maximum Gasteiger partial charge on any atom is 0.341 e. The Bertz CT molecular complexity index is 785. The van der Waals surface area contributed by atoms with Crippen LogP contribution in [0.2, 0.25) is 0 Å². The lowest BCUT2D eigenvalue weighted by Gasteiger charge is -2.17. The van der Waals surface area contributed by atoms with E-state index < -0.39 is 5.97 Å². The number of benzene rings is 1. The summed E-state index contributed by atoms with van der Waals surface area (Å²) < 4.78 is 5.15. The minimum absolute atomic E-state index is 0.0834. The summed E-state index contributed by atoms with van der Waals surface area (Å²) in [5, 5.41) is 3.54. The van der Waals surface area contributed by atoms with Crippen molar-refractivity contribution >= 4 is 23.6 Å². The predicted molar refractivity (Wildman–Crippen MR) is 105 cm³/mol. The highest BCUT2D eigenvalue weighted by atomic mass is 32.2. The monoisotopic (exact) mass is 385 g/mol. The molecule has 1 fully saturated rings. The molecule has 1 N–H and O–H groups in total. The zero-order valence-electron chi connectivity index (χ0n) is 15.3. The SMILES string of the molecule is CSc1ncccc1C(=O)OCC(=O)NC1CCN(Cc2ccccc2)C1. The molecule has 6 nitrogen and oxygen atoms in total. The molecule has 1 aromatic carbocycles. The van der Waals surface area contributed by atoms with Gasteiger partial charge < -0.3 is 10.1 Å². The number of hydrogen-bond donors (Lipinski definition) is 1. The van der Waals surface area contributed by atoms with Gasteiger partial charge in [-0.15, -0.1) is 11.8 Å². The number of aromatic nitrogens is 1. The van der Waals surface area contributed by atoms with Gasteiger partial charge in [-0.2, -0.15) is 0 Å². The standard InChI is InChI=1S/C20H23N3O3S/c1-27-19-17(8-5-10-21-19)20(25)26-14-18(24)22-16-9-11-23(13-16)12-15-6-3-2-4-7-15/h2-8,10,16H,9,11-14H2,1H3,(H,22,24). The van der Waals surface area contributed by atoms with Gasteiger partial charge in [-0.3, -0.25) is 9.69 Å². The van der Waals surface area contributed by atoms with Crippen molar-refractivity contribution in [1.29, 1.82) is 0 Å². The van der Waals surface area contributed by atoms with E-state index in [2.05, 4.69) is 27.3 Å². The Hall–Kier alpha value is -2.38. The van der Waals surface area contributed by atoms with Crippen molar-refractivity contribution in [3.8, 4) is 0 Å². The summed E-state index contributed by atoms with van der Waals surface area (Å²) in [6.45, 7) is 2.33. The maximum atomic E-state index is 12.2. The third-order valence-electron chi connectivity index (χ3n) is 4.41. The summed E-state index contributed by atoms with van der Waals surface area (Å²) in [6, 6.07) is 13.7. The molecule has 2 heterocycles. The molecule has 1 unspecified atom stereocenters. The van der Waals surface area contributed by atoms with E-state index in [1.165, 1.54) is 17.3 Å². The summed E-state index contributed by atoms with van der Waals surface area (Å²) in [6.07, 6.45) is 4.36. The van der Waals surface area contributed by atoms with Gasteiger partial charge >= 0.3 is 5.97 Å². The minimum Gasteiger partial charge on any atom is -0.452 e. The Morgan fingerprint density at radius 3 is 2.85 bits per heavy atom. The number of ether oxygens (including phenoxy) is 1. The fourth-order valence-electron chi connectivity index (χ4n) is 3.12. The summed E-state index contributed by atoms with van der Waals surface area (Å²) in [4.78, 5) is 30.7. The lowest BCUT2D eigenvalue weighted by molar-refractivity contribution is -0.124. The first kappa shape index (κ1) is 19.4. The van der Waals surface area contributed by atoms with Crippen LogP contribution >= 0.6 is 11.8 Å². The van der Waals surface area contributed by atoms with Crippen LogP contribution in [0.1, 0.15) is 22.3 Å². The van der Waals surface area contributed by atoms with Crippen LogP contribution < -0.4 is 5.32 Å². The number of nitrogens with zero attached hydrogens (tertiary/aromatic N) is 2. The molecule has 1 saturated heterocycles. The quantitative estimate of drug-likeness (QED) is 0.583. The lowest BCUT2D eigenvalue weighted by atomic mass is 10.2. The van der Waals surface area contributed by atoms with Crippen LogP contribution in [0.3, 0.4) is 0 Å². The first-order valence-electron chi connectivity index (χ1n) is 8.87. The van der Waals surface area contributed by atoms with Gasteiger partial charge in [0, 0.05) is 31.9 Å². The van der Waals surface area contributed by atoms with Gasteiger partial charge in [0.2, 0.25) is 0 Å². The smallest absolute Gasteiger partial charge is 0.341 e. The van der Waals surface area contributed by atoms with Crippen LogP contribution in [0.15, 0.2) is 53.7 Å². The molecule has 1 atom stereocenters. The van der Waals surface area contributed by atoms with Crippen molar-refractivity contribution in [1.82, 2.24) is 15.2 Å². The van der Waals surface area contributed by atoms with E-state index in [0.717, 1.165) is 26.1 Å². The summed E-state index contributed by atoms with van der Waals surface area (Å²) in [5.74, 6) is -0.802. The Morgan fingerprint density at radius 2 is 2.07 bits per heavy atom. The predicted octanol–water partition coefficient (Wildman–Crippen LogP) is 2.35. The second kappa shape index (κ2) is 9.53. The highest BCUT2D eigenvalue weighted by Crippen LogP contribution is 2.17. The van der Waals surface area contributed by atoms with Crippen LogP contribution in [0.5, 0.6) is 0 Å². The van der Waals surface area contributed by atoms with Gasteiger partial charge in [0.1, 0.15) is 5.03 Å². The molecule has 1 amide bonds. The van der Waals surface area contributed by atoms with E-state index in [-0.39, 0.29) is 18.6 Å².